The summed E-state index contributed by atoms with van der Waals surface area (Å²) in [7, 11) is 2.07. The fraction of sp³-hybridized carbons (Fsp3) is 0.333. The van der Waals surface area contributed by atoms with Crippen LogP contribution in [0.25, 0.3) is 10.9 Å². The van der Waals surface area contributed by atoms with Crippen molar-refractivity contribution in [1.82, 2.24) is 4.57 Å². The molecule has 2 heteroatoms. The summed E-state index contributed by atoms with van der Waals surface area (Å²) in [4.78, 5) is 0. The molecule has 1 unspecified atom stereocenters. The molecule has 2 N–H and O–H groups in total. The molecule has 0 fully saturated rings. The molecular formula is C12H16N2. The summed E-state index contributed by atoms with van der Waals surface area (Å²) in [6, 6.07) is 6.46. The molecular weight excluding hydrogens is 172 g/mol. The van der Waals surface area contributed by atoms with E-state index in [1.54, 1.807) is 0 Å². The van der Waals surface area contributed by atoms with Crippen molar-refractivity contribution >= 4 is 10.9 Å². The van der Waals surface area contributed by atoms with Crippen LogP contribution in [0.4, 0.5) is 0 Å². The van der Waals surface area contributed by atoms with Crippen molar-refractivity contribution in [3.05, 3.63) is 35.5 Å². The molecule has 0 radical (unpaired) electrons. The first-order chi connectivity index (χ1) is 6.61. The lowest BCUT2D eigenvalue weighted by molar-refractivity contribution is 0.815. The number of aryl methyl sites for hydroxylation is 2. The Kier molecular flexibility index (Phi) is 2.08. The summed E-state index contributed by atoms with van der Waals surface area (Å²) in [6.07, 6.45) is 2.13. The van der Waals surface area contributed by atoms with Gasteiger partial charge in [0.1, 0.15) is 0 Å². The van der Waals surface area contributed by atoms with Crippen molar-refractivity contribution in [3.8, 4) is 0 Å². The van der Waals surface area contributed by atoms with Crippen molar-refractivity contribution < 1.29 is 0 Å². The van der Waals surface area contributed by atoms with Gasteiger partial charge in [0, 0.05) is 24.7 Å². The summed E-state index contributed by atoms with van der Waals surface area (Å²) >= 11 is 0. The van der Waals surface area contributed by atoms with Crippen molar-refractivity contribution in [1.29, 1.82) is 0 Å². The van der Waals surface area contributed by atoms with Crippen LogP contribution >= 0.6 is 0 Å². The quantitative estimate of drug-likeness (QED) is 0.732. The molecule has 74 valence electrons. The van der Waals surface area contributed by atoms with Gasteiger partial charge in [-0.2, -0.15) is 0 Å². The molecule has 0 bridgehead atoms. The van der Waals surface area contributed by atoms with E-state index in [-0.39, 0.29) is 6.04 Å². The van der Waals surface area contributed by atoms with Crippen molar-refractivity contribution in [2.24, 2.45) is 12.8 Å². The van der Waals surface area contributed by atoms with Crippen LogP contribution in [-0.4, -0.2) is 4.57 Å². The molecule has 0 aliphatic heterocycles. The lowest BCUT2D eigenvalue weighted by Gasteiger charge is -2.02. The number of para-hydroxylation sites is 1. The number of hydrogen-bond donors (Lipinski definition) is 1. The van der Waals surface area contributed by atoms with Crippen molar-refractivity contribution in [2.75, 3.05) is 0 Å². The van der Waals surface area contributed by atoms with Crippen LogP contribution in [0.5, 0.6) is 0 Å². The van der Waals surface area contributed by atoms with E-state index in [2.05, 4.69) is 42.9 Å². The topological polar surface area (TPSA) is 30.9 Å². The summed E-state index contributed by atoms with van der Waals surface area (Å²) in [5, 5.41) is 1.28. The smallest absolute Gasteiger partial charge is 0.0510 e. The van der Waals surface area contributed by atoms with Crippen LogP contribution < -0.4 is 5.73 Å². The standard InChI is InChI=1S/C12H16N2/c1-8-5-4-6-10-11(9(2)13)7-14(3)12(8)10/h4-7,9H,13H2,1-3H3. The summed E-state index contributed by atoms with van der Waals surface area (Å²) < 4.78 is 2.16. The Balaban J connectivity index is 2.84. The van der Waals surface area contributed by atoms with E-state index in [1.165, 1.54) is 22.0 Å². The number of aromatic nitrogens is 1. The molecule has 0 spiro atoms. The third kappa shape index (κ3) is 1.23. The van der Waals surface area contributed by atoms with Gasteiger partial charge in [0.15, 0.2) is 0 Å². The second kappa shape index (κ2) is 3.14. The minimum atomic E-state index is 0.0977. The first-order valence-corrected chi connectivity index (χ1v) is 4.91. The molecule has 1 atom stereocenters. The Morgan fingerprint density at radius 3 is 2.71 bits per heavy atom. The second-order valence-corrected chi connectivity index (χ2v) is 3.96. The predicted molar refractivity (Wildman–Crippen MR) is 60.3 cm³/mol. The highest BCUT2D eigenvalue weighted by Crippen LogP contribution is 2.26. The van der Waals surface area contributed by atoms with Crippen molar-refractivity contribution in [2.45, 2.75) is 19.9 Å². The van der Waals surface area contributed by atoms with E-state index in [1.807, 2.05) is 6.92 Å². The Morgan fingerprint density at radius 2 is 2.07 bits per heavy atom. The van der Waals surface area contributed by atoms with Crippen molar-refractivity contribution in [3.63, 3.8) is 0 Å². The van der Waals surface area contributed by atoms with Crippen LogP contribution in [0, 0.1) is 6.92 Å². The van der Waals surface area contributed by atoms with Gasteiger partial charge in [-0.05, 0) is 25.0 Å². The van der Waals surface area contributed by atoms with Gasteiger partial charge in [-0.3, -0.25) is 0 Å². The highest BCUT2D eigenvalue weighted by Gasteiger charge is 2.10. The zero-order chi connectivity index (χ0) is 10.3. The maximum Gasteiger partial charge on any atom is 0.0510 e. The van der Waals surface area contributed by atoms with Crippen LogP contribution in [0.1, 0.15) is 24.1 Å². The molecule has 2 nitrogen and oxygen atoms in total. The number of rotatable bonds is 1. The molecule has 0 saturated carbocycles. The van der Waals surface area contributed by atoms with Gasteiger partial charge in [0.2, 0.25) is 0 Å². The largest absolute Gasteiger partial charge is 0.350 e. The van der Waals surface area contributed by atoms with E-state index in [9.17, 15) is 0 Å². The van der Waals surface area contributed by atoms with Gasteiger partial charge in [0.25, 0.3) is 0 Å². The molecule has 1 aromatic heterocycles. The minimum Gasteiger partial charge on any atom is -0.350 e. The summed E-state index contributed by atoms with van der Waals surface area (Å²) in [5.41, 5.74) is 9.75. The number of nitrogens with two attached hydrogens (primary N) is 1. The zero-order valence-corrected chi connectivity index (χ0v) is 8.91. The molecule has 2 rings (SSSR count). The molecule has 1 aromatic carbocycles. The Hall–Kier alpha value is -1.28. The monoisotopic (exact) mass is 188 g/mol. The number of fused-ring (bicyclic) bond motifs is 1. The molecule has 14 heavy (non-hydrogen) atoms. The predicted octanol–water partition coefficient (Wildman–Crippen LogP) is 2.51. The van der Waals surface area contributed by atoms with Crippen LogP contribution in [-0.2, 0) is 7.05 Å². The van der Waals surface area contributed by atoms with E-state index < -0.39 is 0 Å². The lowest BCUT2D eigenvalue weighted by atomic mass is 10.1. The highest BCUT2D eigenvalue weighted by molar-refractivity contribution is 5.87. The van der Waals surface area contributed by atoms with E-state index in [0.717, 1.165) is 0 Å². The minimum absolute atomic E-state index is 0.0977. The van der Waals surface area contributed by atoms with Gasteiger partial charge < -0.3 is 10.3 Å². The Bertz CT molecular complexity index is 466. The Labute approximate surface area is 84.3 Å². The summed E-state index contributed by atoms with van der Waals surface area (Å²) in [6.45, 7) is 4.16. The lowest BCUT2D eigenvalue weighted by Crippen LogP contribution is -2.03. The van der Waals surface area contributed by atoms with Gasteiger partial charge in [-0.25, -0.2) is 0 Å². The number of nitrogens with zero attached hydrogens (tertiary/aromatic N) is 1. The van der Waals surface area contributed by atoms with E-state index in [4.69, 9.17) is 5.73 Å². The Morgan fingerprint density at radius 1 is 1.36 bits per heavy atom. The summed E-state index contributed by atoms with van der Waals surface area (Å²) in [5.74, 6) is 0. The van der Waals surface area contributed by atoms with Gasteiger partial charge in [-0.15, -0.1) is 0 Å². The second-order valence-electron chi connectivity index (χ2n) is 3.96. The average molecular weight is 188 g/mol. The average Bonchev–Trinajstić information content (AvgIpc) is 2.45. The maximum atomic E-state index is 5.93. The zero-order valence-electron chi connectivity index (χ0n) is 8.91. The highest BCUT2D eigenvalue weighted by atomic mass is 14.9. The first kappa shape index (κ1) is 9.28. The van der Waals surface area contributed by atoms with Gasteiger partial charge in [-0.1, -0.05) is 18.2 Å². The van der Waals surface area contributed by atoms with Gasteiger partial charge >= 0.3 is 0 Å². The fourth-order valence-corrected chi connectivity index (χ4v) is 2.07. The molecule has 0 aliphatic rings. The van der Waals surface area contributed by atoms with E-state index in [0.29, 0.717) is 0 Å². The third-order valence-corrected chi connectivity index (χ3v) is 2.72. The van der Waals surface area contributed by atoms with Crippen LogP contribution in [0.2, 0.25) is 0 Å². The normalized spacial score (nSPS) is 13.4. The third-order valence-electron chi connectivity index (χ3n) is 2.72. The number of benzene rings is 1. The maximum absolute atomic E-state index is 5.93. The van der Waals surface area contributed by atoms with E-state index >= 15 is 0 Å². The van der Waals surface area contributed by atoms with Crippen LogP contribution in [0.15, 0.2) is 24.4 Å². The molecule has 0 amide bonds. The SMILES string of the molecule is Cc1cccc2c(C(C)N)cn(C)c12. The fourth-order valence-electron chi connectivity index (χ4n) is 2.07. The molecule has 0 aliphatic carbocycles. The number of hydrogen-bond acceptors (Lipinski definition) is 1. The molecule has 1 heterocycles. The first-order valence-electron chi connectivity index (χ1n) is 4.91. The van der Waals surface area contributed by atoms with Crippen LogP contribution in [0.3, 0.4) is 0 Å². The molecule has 0 saturated heterocycles. The molecule has 2 aromatic rings. The van der Waals surface area contributed by atoms with Gasteiger partial charge in [0.05, 0.1) is 5.52 Å².